The highest BCUT2D eigenvalue weighted by Crippen LogP contribution is 2.68. The Morgan fingerprint density at radius 3 is 2.38 bits per heavy atom. The van der Waals surface area contributed by atoms with Gasteiger partial charge in [-0.1, -0.05) is 19.4 Å². The number of carbonyl (C=O) groups is 5. The second kappa shape index (κ2) is 10.1. The second-order valence-electron chi connectivity index (χ2n) is 13.6. The van der Waals surface area contributed by atoms with Gasteiger partial charge in [0.25, 0.3) is 0 Å². The van der Waals surface area contributed by atoms with Crippen LogP contribution in [0.15, 0.2) is 11.6 Å². The number of aliphatic carboxylic acids is 1. The molecule has 0 aromatic carbocycles. The number of Topliss-reactive ketones (excluding diaryl/α,β-unsaturated/α-hetero) is 1. The van der Waals surface area contributed by atoms with Crippen LogP contribution < -0.4 is 0 Å². The van der Waals surface area contributed by atoms with E-state index in [1.54, 1.807) is 26.8 Å². The number of hydrogen-bond donors (Lipinski definition) is 2. The smallest absolute Gasteiger partial charge is 0.311 e. The Bertz CT molecular complexity index is 1100. The van der Waals surface area contributed by atoms with E-state index in [0.717, 1.165) is 18.4 Å². The van der Waals surface area contributed by atoms with Crippen molar-refractivity contribution < 1.29 is 43.7 Å². The van der Waals surface area contributed by atoms with Crippen molar-refractivity contribution in [2.45, 2.75) is 104 Å². The lowest BCUT2D eigenvalue weighted by molar-refractivity contribution is -0.201. The molecule has 4 aliphatic rings. The van der Waals surface area contributed by atoms with Crippen molar-refractivity contribution in [2.75, 3.05) is 6.61 Å². The number of hydrogen-bond acceptors (Lipinski definition) is 8. The molecule has 0 heterocycles. The van der Waals surface area contributed by atoms with Gasteiger partial charge in [-0.05, 0) is 82.6 Å². The molecule has 7 atom stereocenters. The Hall–Kier alpha value is -2.55. The van der Waals surface area contributed by atoms with Crippen molar-refractivity contribution in [3.8, 4) is 0 Å². The second-order valence-corrected chi connectivity index (χ2v) is 13.6. The Morgan fingerprint density at radius 2 is 1.74 bits per heavy atom. The lowest BCUT2D eigenvalue weighted by Gasteiger charge is -2.61. The number of allylic oxidation sites excluding steroid dienone is 1. The molecular formula is C30H42O9. The number of carboxylic acid groups (broad SMARTS) is 1. The van der Waals surface area contributed by atoms with Crippen LogP contribution in [0.5, 0.6) is 0 Å². The molecule has 0 amide bonds. The van der Waals surface area contributed by atoms with Gasteiger partial charge in [0.15, 0.2) is 12.4 Å². The minimum Gasteiger partial charge on any atom is -0.481 e. The van der Waals surface area contributed by atoms with Crippen LogP contribution in [0.3, 0.4) is 0 Å². The largest absolute Gasteiger partial charge is 0.481 e. The van der Waals surface area contributed by atoms with E-state index in [2.05, 4.69) is 6.92 Å². The highest BCUT2D eigenvalue weighted by Gasteiger charge is 2.69. The van der Waals surface area contributed by atoms with E-state index in [9.17, 15) is 29.1 Å². The van der Waals surface area contributed by atoms with Crippen molar-refractivity contribution in [1.82, 2.24) is 0 Å². The van der Waals surface area contributed by atoms with Crippen LogP contribution in [-0.2, 0) is 33.4 Å². The van der Waals surface area contributed by atoms with Crippen LogP contribution in [0.4, 0.5) is 0 Å². The maximum atomic E-state index is 13.4. The van der Waals surface area contributed by atoms with Crippen LogP contribution in [0.25, 0.3) is 0 Å². The number of ether oxygens (including phenoxy) is 2. The third kappa shape index (κ3) is 5.07. The zero-order chi connectivity index (χ0) is 29.0. The fraction of sp³-hybridized carbons (Fsp3) is 0.767. The first-order chi connectivity index (χ1) is 18.0. The number of fused-ring (bicyclic) bond motifs is 5. The van der Waals surface area contributed by atoms with Crippen molar-refractivity contribution in [3.63, 3.8) is 0 Å². The molecular weight excluding hydrogens is 504 g/mol. The lowest BCUT2D eigenvalue weighted by atomic mass is 9.45. The molecule has 0 aromatic heterocycles. The molecule has 0 aromatic rings. The van der Waals surface area contributed by atoms with Gasteiger partial charge in [-0.25, -0.2) is 0 Å². The SMILES string of the molecule is CC(C)(C)C(=O)O[C@@H]1C[C@@]2(C)[C@@H](CC[C@]2(O)C(=O)COC(=O)CCC(=O)O)[C@@H]2CCC3=CC(=O)CC[C@]3(C)[C@H]21. The van der Waals surface area contributed by atoms with Gasteiger partial charge in [-0.3, -0.25) is 24.0 Å². The van der Waals surface area contributed by atoms with Gasteiger partial charge in [0.2, 0.25) is 5.78 Å². The third-order valence-electron chi connectivity index (χ3n) is 10.3. The summed E-state index contributed by atoms with van der Waals surface area (Å²) in [5, 5.41) is 20.7. The monoisotopic (exact) mass is 546 g/mol. The fourth-order valence-corrected chi connectivity index (χ4v) is 8.09. The van der Waals surface area contributed by atoms with Gasteiger partial charge in [-0.15, -0.1) is 0 Å². The van der Waals surface area contributed by atoms with Crippen LogP contribution in [0.1, 0.15) is 92.4 Å². The normalized spacial score (nSPS) is 37.6. The molecule has 0 unspecified atom stereocenters. The van der Waals surface area contributed by atoms with E-state index < -0.39 is 53.3 Å². The maximum Gasteiger partial charge on any atom is 0.311 e. The average molecular weight is 547 g/mol. The highest BCUT2D eigenvalue weighted by atomic mass is 16.5. The van der Waals surface area contributed by atoms with E-state index in [0.29, 0.717) is 19.3 Å². The molecule has 4 aliphatic carbocycles. The molecule has 2 N–H and O–H groups in total. The van der Waals surface area contributed by atoms with Gasteiger partial charge in [0.05, 0.1) is 18.3 Å². The predicted molar refractivity (Wildman–Crippen MR) is 139 cm³/mol. The van der Waals surface area contributed by atoms with E-state index in [1.807, 2.05) is 6.92 Å². The lowest BCUT2D eigenvalue weighted by Crippen LogP contribution is -2.63. The molecule has 39 heavy (non-hydrogen) atoms. The van der Waals surface area contributed by atoms with E-state index in [1.165, 1.54) is 0 Å². The molecule has 0 spiro atoms. The number of carboxylic acids is 1. The number of rotatable bonds is 7. The van der Waals surface area contributed by atoms with Crippen molar-refractivity contribution in [2.24, 2.45) is 34.0 Å². The first-order valence-electron chi connectivity index (χ1n) is 14.1. The molecule has 4 rings (SSSR count). The molecule has 0 radical (unpaired) electrons. The molecule has 9 nitrogen and oxygen atoms in total. The van der Waals surface area contributed by atoms with Crippen LogP contribution in [0.2, 0.25) is 0 Å². The predicted octanol–water partition coefficient (Wildman–Crippen LogP) is 3.79. The van der Waals surface area contributed by atoms with Gasteiger partial charge >= 0.3 is 17.9 Å². The van der Waals surface area contributed by atoms with Gasteiger partial charge in [-0.2, -0.15) is 0 Å². The standard InChI is InChI=1S/C30H42O9/c1-27(2,3)26(36)39-21-15-29(5)20(19-7-6-17-14-18(31)10-12-28(17,4)25(19)21)11-13-30(29,37)22(32)16-38-24(35)9-8-23(33)34/h14,19-21,25,37H,6-13,15-16H2,1-5H3,(H,33,34)/t19-,20-,21+,25+,28-,29-,30-/m0/s1. The average Bonchev–Trinajstić information content (AvgIpc) is 3.12. The summed E-state index contributed by atoms with van der Waals surface area (Å²) in [5.41, 5.74) is -2.63. The molecule has 216 valence electrons. The van der Waals surface area contributed by atoms with Crippen molar-refractivity contribution in [1.29, 1.82) is 0 Å². The molecule has 0 aliphatic heterocycles. The fourth-order valence-electron chi connectivity index (χ4n) is 8.09. The minimum atomic E-state index is -1.78. The van der Waals surface area contributed by atoms with Crippen LogP contribution >= 0.6 is 0 Å². The van der Waals surface area contributed by atoms with Crippen LogP contribution in [-0.4, -0.2) is 58.0 Å². The van der Waals surface area contributed by atoms with Crippen molar-refractivity contribution in [3.05, 3.63) is 11.6 Å². The highest BCUT2D eigenvalue weighted by molar-refractivity contribution is 5.92. The minimum absolute atomic E-state index is 0.0141. The van der Waals surface area contributed by atoms with Crippen LogP contribution in [0, 0.1) is 34.0 Å². The topological polar surface area (TPSA) is 144 Å². The summed E-state index contributed by atoms with van der Waals surface area (Å²) in [6.45, 7) is 8.81. The first-order valence-corrected chi connectivity index (χ1v) is 14.1. The maximum absolute atomic E-state index is 13.4. The number of esters is 2. The molecule has 0 bridgehead atoms. The first kappa shape index (κ1) is 29.4. The molecule has 9 heteroatoms. The Labute approximate surface area is 229 Å². The number of aliphatic hydroxyl groups is 1. The summed E-state index contributed by atoms with van der Waals surface area (Å²) < 4.78 is 11.3. The quantitative estimate of drug-likeness (QED) is 0.456. The Balaban J connectivity index is 1.65. The summed E-state index contributed by atoms with van der Waals surface area (Å²) in [5.74, 6) is -2.75. The molecule has 3 fully saturated rings. The van der Waals surface area contributed by atoms with Gasteiger partial charge < -0.3 is 19.7 Å². The van der Waals surface area contributed by atoms with Crippen molar-refractivity contribution >= 4 is 29.5 Å². The number of carbonyl (C=O) groups excluding carboxylic acids is 4. The zero-order valence-corrected chi connectivity index (χ0v) is 23.7. The molecule has 0 saturated heterocycles. The summed E-state index contributed by atoms with van der Waals surface area (Å²) in [6, 6.07) is 0. The van der Waals surface area contributed by atoms with E-state index >= 15 is 0 Å². The van der Waals surface area contributed by atoms with Gasteiger partial charge in [0.1, 0.15) is 11.7 Å². The van der Waals surface area contributed by atoms with E-state index in [4.69, 9.17) is 14.6 Å². The zero-order valence-electron chi connectivity index (χ0n) is 23.7. The Kier molecular flexibility index (Phi) is 7.64. The molecule has 3 saturated carbocycles. The summed E-state index contributed by atoms with van der Waals surface area (Å²) in [7, 11) is 0. The summed E-state index contributed by atoms with van der Waals surface area (Å²) >= 11 is 0. The Morgan fingerprint density at radius 1 is 1.05 bits per heavy atom. The van der Waals surface area contributed by atoms with Gasteiger partial charge in [0, 0.05) is 17.8 Å². The summed E-state index contributed by atoms with van der Waals surface area (Å²) in [4.78, 5) is 61.6. The summed E-state index contributed by atoms with van der Waals surface area (Å²) in [6.07, 6.45) is 4.23. The van der Waals surface area contributed by atoms with E-state index in [-0.39, 0.29) is 54.2 Å². The third-order valence-corrected chi connectivity index (χ3v) is 10.3. The number of ketones is 2.